The van der Waals surface area contributed by atoms with Gasteiger partial charge in [0.15, 0.2) is 0 Å². The van der Waals surface area contributed by atoms with Crippen LogP contribution in [-0.4, -0.2) is 36.1 Å². The second-order valence-corrected chi connectivity index (χ2v) is 6.34. The molecule has 7 heteroatoms. The standard InChI is InChI=1S/C16H17ClF3NO2/c1-15(2)10-21(7-8-23-15)14(22)6-3-11-9-12(16(18,19)20)4-5-13(11)17/h3-6,9H,7-8,10H2,1-2H3/b6-3+. The van der Waals surface area contributed by atoms with Gasteiger partial charge in [0.05, 0.1) is 17.8 Å². The molecule has 0 saturated carbocycles. The van der Waals surface area contributed by atoms with Crippen molar-refractivity contribution >= 4 is 23.6 Å². The highest BCUT2D eigenvalue weighted by atomic mass is 35.5. The monoisotopic (exact) mass is 347 g/mol. The van der Waals surface area contributed by atoms with Crippen molar-refractivity contribution in [2.75, 3.05) is 19.7 Å². The van der Waals surface area contributed by atoms with Gasteiger partial charge < -0.3 is 9.64 Å². The van der Waals surface area contributed by atoms with Crippen LogP contribution in [0.25, 0.3) is 6.08 Å². The van der Waals surface area contributed by atoms with E-state index in [4.69, 9.17) is 16.3 Å². The number of ether oxygens (including phenoxy) is 1. The van der Waals surface area contributed by atoms with Gasteiger partial charge in [0.1, 0.15) is 0 Å². The molecule has 0 N–H and O–H groups in total. The van der Waals surface area contributed by atoms with Gasteiger partial charge in [0, 0.05) is 24.2 Å². The molecule has 23 heavy (non-hydrogen) atoms. The Kier molecular flexibility index (Phi) is 5.06. The minimum absolute atomic E-state index is 0.155. The Morgan fingerprint density at radius 2 is 2.09 bits per heavy atom. The van der Waals surface area contributed by atoms with Crippen LogP contribution in [0.2, 0.25) is 5.02 Å². The summed E-state index contributed by atoms with van der Waals surface area (Å²) < 4.78 is 43.7. The Morgan fingerprint density at radius 1 is 1.39 bits per heavy atom. The number of amides is 1. The lowest BCUT2D eigenvalue weighted by atomic mass is 10.1. The smallest absolute Gasteiger partial charge is 0.372 e. The van der Waals surface area contributed by atoms with Gasteiger partial charge in [-0.15, -0.1) is 0 Å². The molecule has 126 valence electrons. The SMILES string of the molecule is CC1(C)CN(C(=O)/C=C/c2cc(C(F)(F)F)ccc2Cl)CCO1. The Labute approximate surface area is 137 Å². The molecule has 1 heterocycles. The number of morpholine rings is 1. The van der Waals surface area contributed by atoms with Crippen molar-refractivity contribution in [2.24, 2.45) is 0 Å². The van der Waals surface area contributed by atoms with Crippen LogP contribution >= 0.6 is 11.6 Å². The van der Waals surface area contributed by atoms with Gasteiger partial charge in [-0.3, -0.25) is 4.79 Å². The van der Waals surface area contributed by atoms with E-state index < -0.39 is 17.3 Å². The van der Waals surface area contributed by atoms with Crippen LogP contribution in [0.1, 0.15) is 25.0 Å². The van der Waals surface area contributed by atoms with Crippen LogP contribution < -0.4 is 0 Å². The zero-order valence-corrected chi connectivity index (χ0v) is 13.5. The topological polar surface area (TPSA) is 29.5 Å². The van der Waals surface area contributed by atoms with Crippen LogP contribution in [-0.2, 0) is 15.7 Å². The number of hydrogen-bond acceptors (Lipinski definition) is 2. The number of benzene rings is 1. The fourth-order valence-electron chi connectivity index (χ4n) is 2.32. The number of nitrogens with zero attached hydrogens (tertiary/aromatic N) is 1. The third kappa shape index (κ3) is 4.72. The van der Waals surface area contributed by atoms with E-state index in [1.54, 1.807) is 4.90 Å². The van der Waals surface area contributed by atoms with Crippen molar-refractivity contribution < 1.29 is 22.7 Å². The zero-order chi connectivity index (χ0) is 17.3. The molecule has 0 unspecified atom stereocenters. The highest BCUT2D eigenvalue weighted by molar-refractivity contribution is 6.32. The van der Waals surface area contributed by atoms with E-state index in [2.05, 4.69) is 0 Å². The molecule has 1 aromatic rings. The van der Waals surface area contributed by atoms with Crippen LogP contribution in [0.5, 0.6) is 0 Å². The molecule has 2 rings (SSSR count). The van der Waals surface area contributed by atoms with Crippen LogP contribution in [0.3, 0.4) is 0 Å². The predicted octanol–water partition coefficient (Wildman–Crippen LogP) is 4.01. The van der Waals surface area contributed by atoms with Crippen molar-refractivity contribution in [2.45, 2.75) is 25.6 Å². The molecule has 1 fully saturated rings. The lowest BCUT2D eigenvalue weighted by Gasteiger charge is -2.37. The molecule has 0 radical (unpaired) electrons. The minimum atomic E-state index is -4.45. The molecule has 1 aliphatic heterocycles. The predicted molar refractivity (Wildman–Crippen MR) is 82.1 cm³/mol. The van der Waals surface area contributed by atoms with E-state index in [0.717, 1.165) is 12.1 Å². The van der Waals surface area contributed by atoms with Crippen molar-refractivity contribution in [3.05, 3.63) is 40.4 Å². The third-order valence-corrected chi connectivity index (χ3v) is 3.81. The highest BCUT2D eigenvalue weighted by Crippen LogP contribution is 2.32. The number of rotatable bonds is 2. The molecule has 0 bridgehead atoms. The van der Waals surface area contributed by atoms with Gasteiger partial charge in [-0.2, -0.15) is 13.2 Å². The first-order valence-corrected chi connectivity index (χ1v) is 7.44. The molecule has 0 aliphatic carbocycles. The Balaban J connectivity index is 2.15. The van der Waals surface area contributed by atoms with Gasteiger partial charge in [-0.1, -0.05) is 11.6 Å². The maximum atomic E-state index is 12.7. The van der Waals surface area contributed by atoms with Crippen LogP contribution in [0.15, 0.2) is 24.3 Å². The Hall–Kier alpha value is -1.53. The first kappa shape index (κ1) is 17.8. The Morgan fingerprint density at radius 3 is 2.70 bits per heavy atom. The van der Waals surface area contributed by atoms with Crippen molar-refractivity contribution in [3.63, 3.8) is 0 Å². The average Bonchev–Trinajstić information content (AvgIpc) is 2.43. The Bertz CT molecular complexity index is 626. The van der Waals surface area contributed by atoms with Crippen molar-refractivity contribution in [1.82, 2.24) is 4.90 Å². The van der Waals surface area contributed by atoms with Crippen LogP contribution in [0, 0.1) is 0 Å². The average molecular weight is 348 g/mol. The molecule has 1 saturated heterocycles. The summed E-state index contributed by atoms with van der Waals surface area (Å²) in [7, 11) is 0. The molecule has 3 nitrogen and oxygen atoms in total. The molecule has 1 aliphatic rings. The number of halogens is 4. The first-order valence-electron chi connectivity index (χ1n) is 7.06. The van der Waals surface area contributed by atoms with Crippen LogP contribution in [0.4, 0.5) is 13.2 Å². The summed E-state index contributed by atoms with van der Waals surface area (Å²) in [6.07, 6.45) is -1.91. The fourth-order valence-corrected chi connectivity index (χ4v) is 2.50. The largest absolute Gasteiger partial charge is 0.416 e. The maximum absolute atomic E-state index is 12.7. The van der Waals surface area contributed by atoms with Gasteiger partial charge in [-0.25, -0.2) is 0 Å². The van der Waals surface area contributed by atoms with E-state index in [9.17, 15) is 18.0 Å². The first-order chi connectivity index (χ1) is 10.6. The lowest BCUT2D eigenvalue weighted by Crippen LogP contribution is -2.50. The van der Waals surface area contributed by atoms with Crippen molar-refractivity contribution in [1.29, 1.82) is 0 Å². The van der Waals surface area contributed by atoms with E-state index in [-0.39, 0.29) is 16.5 Å². The summed E-state index contributed by atoms with van der Waals surface area (Å²) in [6.45, 7) is 5.05. The molecule has 1 aromatic carbocycles. The number of hydrogen-bond donors (Lipinski definition) is 0. The van der Waals surface area contributed by atoms with Gasteiger partial charge in [0.25, 0.3) is 0 Å². The van der Waals surface area contributed by atoms with E-state index in [1.165, 1.54) is 18.2 Å². The summed E-state index contributed by atoms with van der Waals surface area (Å²) in [5.74, 6) is -0.283. The van der Waals surface area contributed by atoms with Gasteiger partial charge >= 0.3 is 6.18 Å². The molecular weight excluding hydrogens is 331 g/mol. The minimum Gasteiger partial charge on any atom is -0.372 e. The summed E-state index contributed by atoms with van der Waals surface area (Å²) in [6, 6.07) is 3.01. The number of carbonyl (C=O) groups is 1. The molecule has 1 amide bonds. The lowest BCUT2D eigenvalue weighted by molar-refractivity contribution is -0.140. The highest BCUT2D eigenvalue weighted by Gasteiger charge is 2.31. The second kappa shape index (κ2) is 6.53. The summed E-state index contributed by atoms with van der Waals surface area (Å²) in [4.78, 5) is 13.8. The molecule has 0 atom stereocenters. The zero-order valence-electron chi connectivity index (χ0n) is 12.8. The maximum Gasteiger partial charge on any atom is 0.416 e. The molecular formula is C16H17ClF3NO2. The normalized spacial score (nSPS) is 18.4. The second-order valence-electron chi connectivity index (χ2n) is 5.94. The summed E-state index contributed by atoms with van der Waals surface area (Å²) >= 11 is 5.90. The van der Waals surface area contributed by atoms with Gasteiger partial charge in [-0.05, 0) is 43.7 Å². The molecule has 0 spiro atoms. The van der Waals surface area contributed by atoms with E-state index in [1.807, 2.05) is 13.8 Å². The number of carbonyl (C=O) groups excluding carboxylic acids is 1. The number of alkyl halides is 3. The molecule has 0 aromatic heterocycles. The fraction of sp³-hybridized carbons (Fsp3) is 0.438. The van der Waals surface area contributed by atoms with Gasteiger partial charge in [0.2, 0.25) is 5.91 Å². The summed E-state index contributed by atoms with van der Waals surface area (Å²) in [5, 5.41) is 0.157. The summed E-state index contributed by atoms with van der Waals surface area (Å²) in [5.41, 5.74) is -1.08. The van der Waals surface area contributed by atoms with E-state index in [0.29, 0.717) is 19.7 Å². The van der Waals surface area contributed by atoms with E-state index >= 15 is 0 Å². The van der Waals surface area contributed by atoms with Crippen molar-refractivity contribution in [3.8, 4) is 0 Å². The quantitative estimate of drug-likeness (QED) is 0.756. The third-order valence-electron chi connectivity index (χ3n) is 3.47.